The molecule has 78 valence electrons. The van der Waals surface area contributed by atoms with Gasteiger partial charge in [0, 0.05) is 6.04 Å². The molecule has 1 nitrogen and oxygen atoms in total. The molecule has 0 bridgehead atoms. The Morgan fingerprint density at radius 2 is 1.92 bits per heavy atom. The Morgan fingerprint density at radius 3 is 2.38 bits per heavy atom. The van der Waals surface area contributed by atoms with Gasteiger partial charge in [-0.25, -0.2) is 0 Å². The van der Waals surface area contributed by atoms with Crippen molar-refractivity contribution in [3.05, 3.63) is 0 Å². The normalized spacial score (nSPS) is 24.0. The van der Waals surface area contributed by atoms with E-state index in [0.717, 1.165) is 17.8 Å². The first kappa shape index (κ1) is 11.0. The highest BCUT2D eigenvalue weighted by Gasteiger charge is 2.31. The molecule has 13 heavy (non-hydrogen) atoms. The van der Waals surface area contributed by atoms with E-state index in [2.05, 4.69) is 20.8 Å². The number of rotatable bonds is 6. The molecular formula is C12H25N. The molecule has 1 fully saturated rings. The standard InChI is InChI=1S/C12H25N/c1-4-5-9(2)8-12(13)10(3)11-6-7-11/h9-12H,4-8,13H2,1-3H3. The van der Waals surface area contributed by atoms with E-state index in [0.29, 0.717) is 6.04 Å². The average molecular weight is 183 g/mol. The molecule has 3 atom stereocenters. The molecule has 0 radical (unpaired) electrons. The van der Waals surface area contributed by atoms with Gasteiger partial charge >= 0.3 is 0 Å². The predicted octanol–water partition coefficient (Wildman–Crippen LogP) is 3.19. The zero-order valence-corrected chi connectivity index (χ0v) is 9.42. The number of hydrogen-bond donors (Lipinski definition) is 1. The molecule has 0 aromatic heterocycles. The number of nitrogens with two attached hydrogens (primary N) is 1. The Kier molecular flexibility index (Phi) is 4.24. The molecule has 1 aliphatic carbocycles. The summed E-state index contributed by atoms with van der Waals surface area (Å²) in [5.41, 5.74) is 6.19. The molecule has 1 aliphatic rings. The quantitative estimate of drug-likeness (QED) is 0.672. The molecule has 0 aromatic rings. The topological polar surface area (TPSA) is 26.0 Å². The average Bonchev–Trinajstić information content (AvgIpc) is 2.85. The fraction of sp³-hybridized carbons (Fsp3) is 1.00. The lowest BCUT2D eigenvalue weighted by atomic mass is 9.88. The molecule has 0 aromatic carbocycles. The van der Waals surface area contributed by atoms with Gasteiger partial charge in [0.25, 0.3) is 0 Å². The molecule has 0 aliphatic heterocycles. The zero-order valence-electron chi connectivity index (χ0n) is 9.42. The van der Waals surface area contributed by atoms with Crippen molar-refractivity contribution in [3.8, 4) is 0 Å². The van der Waals surface area contributed by atoms with Crippen LogP contribution < -0.4 is 5.73 Å². The van der Waals surface area contributed by atoms with Gasteiger partial charge in [-0.15, -0.1) is 0 Å². The summed E-state index contributed by atoms with van der Waals surface area (Å²) in [5.74, 6) is 2.55. The van der Waals surface area contributed by atoms with E-state index >= 15 is 0 Å². The van der Waals surface area contributed by atoms with Gasteiger partial charge in [0.2, 0.25) is 0 Å². The monoisotopic (exact) mass is 183 g/mol. The second-order valence-corrected chi connectivity index (χ2v) is 4.99. The van der Waals surface area contributed by atoms with Crippen LogP contribution in [0.4, 0.5) is 0 Å². The van der Waals surface area contributed by atoms with Crippen LogP contribution in [0.25, 0.3) is 0 Å². The number of hydrogen-bond acceptors (Lipinski definition) is 1. The fourth-order valence-electron chi connectivity index (χ4n) is 2.26. The van der Waals surface area contributed by atoms with Crippen molar-refractivity contribution < 1.29 is 0 Å². The summed E-state index contributed by atoms with van der Waals surface area (Å²) in [6.07, 6.45) is 6.72. The van der Waals surface area contributed by atoms with Gasteiger partial charge in [-0.05, 0) is 37.0 Å². The Balaban J connectivity index is 2.18. The maximum Gasteiger partial charge on any atom is 0.00697 e. The van der Waals surface area contributed by atoms with Crippen LogP contribution in [0, 0.1) is 17.8 Å². The third-order valence-electron chi connectivity index (χ3n) is 3.50. The second-order valence-electron chi connectivity index (χ2n) is 4.99. The van der Waals surface area contributed by atoms with Crippen LogP contribution in [0.2, 0.25) is 0 Å². The maximum absolute atomic E-state index is 6.19. The van der Waals surface area contributed by atoms with Crippen LogP contribution in [0.1, 0.15) is 52.9 Å². The highest BCUT2D eigenvalue weighted by Crippen LogP contribution is 2.38. The van der Waals surface area contributed by atoms with E-state index in [4.69, 9.17) is 5.73 Å². The van der Waals surface area contributed by atoms with Gasteiger partial charge < -0.3 is 5.73 Å². The third-order valence-corrected chi connectivity index (χ3v) is 3.50. The van der Waals surface area contributed by atoms with Gasteiger partial charge in [-0.3, -0.25) is 0 Å². The lowest BCUT2D eigenvalue weighted by molar-refractivity contribution is 0.332. The third kappa shape index (κ3) is 3.68. The summed E-state index contributed by atoms with van der Waals surface area (Å²) >= 11 is 0. The van der Waals surface area contributed by atoms with Crippen molar-refractivity contribution in [1.29, 1.82) is 0 Å². The van der Waals surface area contributed by atoms with Crippen molar-refractivity contribution >= 4 is 0 Å². The van der Waals surface area contributed by atoms with E-state index in [-0.39, 0.29) is 0 Å². The summed E-state index contributed by atoms with van der Waals surface area (Å²) < 4.78 is 0. The Morgan fingerprint density at radius 1 is 1.31 bits per heavy atom. The SMILES string of the molecule is CCCC(C)CC(N)C(C)C1CC1. The van der Waals surface area contributed by atoms with E-state index < -0.39 is 0 Å². The van der Waals surface area contributed by atoms with E-state index in [1.165, 1.54) is 32.1 Å². The maximum atomic E-state index is 6.19. The van der Waals surface area contributed by atoms with Crippen LogP contribution in [-0.2, 0) is 0 Å². The first-order valence-corrected chi connectivity index (χ1v) is 5.90. The highest BCUT2D eigenvalue weighted by atomic mass is 14.7. The summed E-state index contributed by atoms with van der Waals surface area (Å²) in [5, 5.41) is 0. The van der Waals surface area contributed by atoms with E-state index in [1.807, 2.05) is 0 Å². The minimum absolute atomic E-state index is 0.453. The van der Waals surface area contributed by atoms with Gasteiger partial charge in [0.05, 0.1) is 0 Å². The lowest BCUT2D eigenvalue weighted by Gasteiger charge is -2.22. The first-order chi connectivity index (χ1) is 6.15. The van der Waals surface area contributed by atoms with Crippen LogP contribution >= 0.6 is 0 Å². The van der Waals surface area contributed by atoms with E-state index in [1.54, 1.807) is 0 Å². The van der Waals surface area contributed by atoms with Gasteiger partial charge in [0.1, 0.15) is 0 Å². The smallest absolute Gasteiger partial charge is 0.00697 e. The summed E-state index contributed by atoms with van der Waals surface area (Å²) in [4.78, 5) is 0. The minimum Gasteiger partial charge on any atom is -0.327 e. The zero-order chi connectivity index (χ0) is 9.84. The molecule has 0 heterocycles. The van der Waals surface area contributed by atoms with Crippen LogP contribution in [0.5, 0.6) is 0 Å². The fourth-order valence-corrected chi connectivity index (χ4v) is 2.26. The predicted molar refractivity (Wildman–Crippen MR) is 58.6 cm³/mol. The Labute approximate surface area is 83.1 Å². The molecule has 1 rings (SSSR count). The van der Waals surface area contributed by atoms with Crippen molar-refractivity contribution in [1.82, 2.24) is 0 Å². The van der Waals surface area contributed by atoms with Gasteiger partial charge in [-0.1, -0.05) is 33.6 Å². The highest BCUT2D eigenvalue weighted by molar-refractivity contribution is 4.85. The second kappa shape index (κ2) is 4.99. The molecule has 2 N–H and O–H groups in total. The van der Waals surface area contributed by atoms with Crippen molar-refractivity contribution in [2.45, 2.75) is 58.9 Å². The molecule has 3 unspecified atom stereocenters. The molecule has 0 saturated heterocycles. The first-order valence-electron chi connectivity index (χ1n) is 5.90. The van der Waals surface area contributed by atoms with Crippen molar-refractivity contribution in [2.75, 3.05) is 0 Å². The van der Waals surface area contributed by atoms with Crippen molar-refractivity contribution in [3.63, 3.8) is 0 Å². The summed E-state index contributed by atoms with van der Waals surface area (Å²) in [6.45, 7) is 6.93. The van der Waals surface area contributed by atoms with Gasteiger partial charge in [-0.2, -0.15) is 0 Å². The molecule has 1 heteroatoms. The molecular weight excluding hydrogens is 158 g/mol. The summed E-state index contributed by atoms with van der Waals surface area (Å²) in [7, 11) is 0. The van der Waals surface area contributed by atoms with Crippen LogP contribution in [0.15, 0.2) is 0 Å². The van der Waals surface area contributed by atoms with Gasteiger partial charge in [0.15, 0.2) is 0 Å². The van der Waals surface area contributed by atoms with Crippen LogP contribution in [0.3, 0.4) is 0 Å². The largest absolute Gasteiger partial charge is 0.327 e. The summed E-state index contributed by atoms with van der Waals surface area (Å²) in [6, 6.07) is 0.453. The Bertz CT molecular complexity index is 140. The molecule has 0 spiro atoms. The molecule has 1 saturated carbocycles. The van der Waals surface area contributed by atoms with E-state index in [9.17, 15) is 0 Å². The lowest BCUT2D eigenvalue weighted by Crippen LogP contribution is -2.31. The molecule has 0 amide bonds. The minimum atomic E-state index is 0.453. The van der Waals surface area contributed by atoms with Crippen molar-refractivity contribution in [2.24, 2.45) is 23.5 Å². The Hall–Kier alpha value is -0.0400. The van der Waals surface area contributed by atoms with Crippen LogP contribution in [-0.4, -0.2) is 6.04 Å².